The van der Waals surface area contributed by atoms with E-state index >= 15 is 0 Å². The molecule has 0 N–H and O–H groups in total. The second-order valence-corrected chi connectivity index (χ2v) is 10.2. The van der Waals surface area contributed by atoms with Crippen LogP contribution in [0.15, 0.2) is 23.1 Å². The highest BCUT2D eigenvalue weighted by Crippen LogP contribution is 2.42. The van der Waals surface area contributed by atoms with Crippen LogP contribution >= 0.6 is 0 Å². The molecule has 168 valence electrons. The summed E-state index contributed by atoms with van der Waals surface area (Å²) in [5, 5.41) is 11.9. The molecule has 0 radical (unpaired) electrons. The molecule has 0 aliphatic carbocycles. The zero-order valence-corrected chi connectivity index (χ0v) is 18.9. The van der Waals surface area contributed by atoms with Gasteiger partial charge in [0.05, 0.1) is 22.0 Å². The van der Waals surface area contributed by atoms with Gasteiger partial charge in [0.15, 0.2) is 0 Å². The Morgan fingerprint density at radius 2 is 1.90 bits per heavy atom. The SMILES string of the molecule is CCC[C@]1(COC)CCCN1c1ccc(S(=O)(=O)N2CCN(C)CC2)cc1[N+](=O)[O-]. The van der Waals surface area contributed by atoms with Crippen molar-refractivity contribution < 1.29 is 18.1 Å². The van der Waals surface area contributed by atoms with Gasteiger partial charge >= 0.3 is 0 Å². The van der Waals surface area contributed by atoms with Crippen LogP contribution in [0.5, 0.6) is 0 Å². The van der Waals surface area contributed by atoms with Crippen LogP contribution in [0.2, 0.25) is 0 Å². The summed E-state index contributed by atoms with van der Waals surface area (Å²) in [6.45, 7) is 5.32. The summed E-state index contributed by atoms with van der Waals surface area (Å²) >= 11 is 0. The molecule has 30 heavy (non-hydrogen) atoms. The Hall–Kier alpha value is -1.75. The van der Waals surface area contributed by atoms with Gasteiger partial charge in [-0.2, -0.15) is 4.31 Å². The number of anilines is 1. The molecule has 2 saturated heterocycles. The Morgan fingerprint density at radius 3 is 2.50 bits per heavy atom. The van der Waals surface area contributed by atoms with E-state index in [1.54, 1.807) is 13.2 Å². The molecule has 10 heteroatoms. The molecule has 9 nitrogen and oxygen atoms in total. The molecular weight excluding hydrogens is 408 g/mol. The van der Waals surface area contributed by atoms with Gasteiger partial charge in [0, 0.05) is 45.9 Å². The Balaban J connectivity index is 1.99. The van der Waals surface area contributed by atoms with Crippen molar-refractivity contribution in [3.63, 3.8) is 0 Å². The maximum Gasteiger partial charge on any atom is 0.293 e. The number of ether oxygens (including phenoxy) is 1. The first-order valence-electron chi connectivity index (χ1n) is 10.5. The quantitative estimate of drug-likeness (QED) is 0.452. The minimum absolute atomic E-state index is 0.0190. The zero-order chi connectivity index (χ0) is 21.9. The number of sulfonamides is 1. The third-order valence-corrected chi connectivity index (χ3v) is 8.15. The van der Waals surface area contributed by atoms with Crippen molar-refractivity contribution in [1.82, 2.24) is 9.21 Å². The molecular formula is C20H32N4O5S. The van der Waals surface area contributed by atoms with Crippen molar-refractivity contribution in [2.45, 2.75) is 43.0 Å². The molecule has 1 aromatic rings. The highest BCUT2D eigenvalue weighted by atomic mass is 32.2. The van der Waals surface area contributed by atoms with E-state index in [0.29, 0.717) is 45.0 Å². The third-order valence-electron chi connectivity index (χ3n) is 6.26. The van der Waals surface area contributed by atoms with Gasteiger partial charge < -0.3 is 14.5 Å². The number of benzene rings is 1. The fraction of sp³-hybridized carbons (Fsp3) is 0.700. The van der Waals surface area contributed by atoms with Crippen molar-refractivity contribution in [1.29, 1.82) is 0 Å². The Labute approximate surface area is 178 Å². The third kappa shape index (κ3) is 4.32. The van der Waals surface area contributed by atoms with Crippen LogP contribution in [0, 0.1) is 10.1 Å². The molecule has 0 saturated carbocycles. The first kappa shape index (κ1) is 22.9. The molecule has 2 aliphatic rings. The summed E-state index contributed by atoms with van der Waals surface area (Å²) in [7, 11) is -0.178. The monoisotopic (exact) mass is 440 g/mol. The topological polar surface area (TPSA) is 96.2 Å². The standard InChI is InChI=1S/C20H32N4O5S/c1-4-8-20(16-29-3)9-5-10-23(20)18-7-6-17(15-19(18)24(25)26)30(27,28)22-13-11-21(2)12-14-22/h6-7,15H,4-5,8-14,16H2,1-3H3/t20-/m1/s1. The van der Waals surface area contributed by atoms with Crippen molar-refractivity contribution in [2.75, 3.05) is 58.4 Å². The first-order valence-corrected chi connectivity index (χ1v) is 11.9. The van der Waals surface area contributed by atoms with E-state index in [1.165, 1.54) is 16.4 Å². The van der Waals surface area contributed by atoms with E-state index in [1.807, 2.05) is 7.05 Å². The average molecular weight is 441 g/mol. The van der Waals surface area contributed by atoms with Crippen LogP contribution in [0.4, 0.5) is 11.4 Å². The summed E-state index contributed by atoms with van der Waals surface area (Å²) in [6.07, 6.45) is 3.61. The number of hydrogen-bond donors (Lipinski definition) is 0. The van der Waals surface area contributed by atoms with E-state index in [0.717, 1.165) is 25.7 Å². The number of nitrogens with zero attached hydrogens (tertiary/aromatic N) is 4. The highest BCUT2D eigenvalue weighted by molar-refractivity contribution is 7.89. The number of likely N-dealkylation sites (N-methyl/N-ethyl adjacent to an activating group) is 1. The molecule has 2 aliphatic heterocycles. The van der Waals surface area contributed by atoms with E-state index in [4.69, 9.17) is 4.74 Å². The Morgan fingerprint density at radius 1 is 1.20 bits per heavy atom. The fourth-order valence-electron chi connectivity index (χ4n) is 4.75. The van der Waals surface area contributed by atoms with Crippen molar-refractivity contribution in [3.8, 4) is 0 Å². The summed E-state index contributed by atoms with van der Waals surface area (Å²) in [5.41, 5.74) is 0.00977. The van der Waals surface area contributed by atoms with Crippen molar-refractivity contribution in [3.05, 3.63) is 28.3 Å². The number of nitro groups is 1. The fourth-order valence-corrected chi connectivity index (χ4v) is 6.19. The highest BCUT2D eigenvalue weighted by Gasteiger charge is 2.43. The number of nitro benzene ring substituents is 1. The van der Waals surface area contributed by atoms with Crippen LogP contribution in [0.1, 0.15) is 32.6 Å². The van der Waals surface area contributed by atoms with Crippen molar-refractivity contribution >= 4 is 21.4 Å². The molecule has 0 aromatic heterocycles. The Kier molecular flexibility index (Phi) is 7.01. The van der Waals surface area contributed by atoms with Gasteiger partial charge in [-0.3, -0.25) is 10.1 Å². The number of methoxy groups -OCH3 is 1. The van der Waals surface area contributed by atoms with E-state index in [2.05, 4.69) is 16.7 Å². The molecule has 2 fully saturated rings. The van der Waals surface area contributed by atoms with Crippen molar-refractivity contribution in [2.24, 2.45) is 0 Å². The zero-order valence-electron chi connectivity index (χ0n) is 18.0. The molecule has 1 atom stereocenters. The first-order chi connectivity index (χ1) is 14.2. The summed E-state index contributed by atoms with van der Waals surface area (Å²) in [4.78, 5) is 15.6. The van der Waals surface area contributed by atoms with E-state index in [9.17, 15) is 18.5 Å². The van der Waals surface area contributed by atoms with E-state index < -0.39 is 14.9 Å². The van der Waals surface area contributed by atoms with Crippen LogP contribution < -0.4 is 4.90 Å². The lowest BCUT2D eigenvalue weighted by Crippen LogP contribution is -2.48. The predicted molar refractivity (Wildman–Crippen MR) is 115 cm³/mol. The summed E-state index contributed by atoms with van der Waals surface area (Å²) in [6, 6.07) is 4.34. The lowest BCUT2D eigenvalue weighted by Gasteiger charge is -2.39. The molecule has 0 unspecified atom stereocenters. The second kappa shape index (κ2) is 9.17. The normalized spacial score (nSPS) is 23.8. The molecule has 0 spiro atoms. The van der Waals surface area contributed by atoms with Crippen LogP contribution in [0.3, 0.4) is 0 Å². The number of hydrogen-bond acceptors (Lipinski definition) is 7. The van der Waals surface area contributed by atoms with Gasteiger partial charge in [0.1, 0.15) is 5.69 Å². The predicted octanol–water partition coefficient (Wildman–Crippen LogP) is 2.32. The molecule has 2 heterocycles. The number of rotatable bonds is 8. The lowest BCUT2D eigenvalue weighted by atomic mass is 9.91. The minimum atomic E-state index is -3.77. The minimum Gasteiger partial charge on any atom is -0.382 e. The number of piperazine rings is 1. The average Bonchev–Trinajstić information content (AvgIpc) is 3.11. The van der Waals surface area contributed by atoms with Gasteiger partial charge in [-0.1, -0.05) is 13.3 Å². The smallest absolute Gasteiger partial charge is 0.293 e. The van der Waals surface area contributed by atoms with Gasteiger partial charge in [-0.15, -0.1) is 0 Å². The van der Waals surface area contributed by atoms with Gasteiger partial charge in [0.25, 0.3) is 5.69 Å². The molecule has 0 amide bonds. The summed E-state index contributed by atoms with van der Waals surface area (Å²) in [5.74, 6) is 0. The Bertz CT molecular complexity index is 862. The van der Waals surface area contributed by atoms with Gasteiger partial charge in [-0.05, 0) is 38.4 Å². The van der Waals surface area contributed by atoms with Crippen LogP contribution in [0.25, 0.3) is 0 Å². The molecule has 1 aromatic carbocycles. The molecule has 3 rings (SSSR count). The van der Waals surface area contributed by atoms with E-state index in [-0.39, 0.29) is 16.1 Å². The maximum atomic E-state index is 13.1. The van der Waals surface area contributed by atoms with Gasteiger partial charge in [-0.25, -0.2) is 8.42 Å². The maximum absolute atomic E-state index is 13.1. The van der Waals surface area contributed by atoms with Crippen LogP contribution in [-0.4, -0.2) is 81.6 Å². The summed E-state index contributed by atoms with van der Waals surface area (Å²) < 4.78 is 33.1. The second-order valence-electron chi connectivity index (χ2n) is 8.28. The lowest BCUT2D eigenvalue weighted by molar-refractivity contribution is -0.384. The largest absolute Gasteiger partial charge is 0.382 e. The van der Waals surface area contributed by atoms with Crippen LogP contribution in [-0.2, 0) is 14.8 Å². The molecule has 0 bridgehead atoms. The van der Waals surface area contributed by atoms with Gasteiger partial charge in [0.2, 0.25) is 10.0 Å².